The first-order valence-electron chi connectivity index (χ1n) is 6.24. The second kappa shape index (κ2) is 6.00. The van der Waals surface area contributed by atoms with Gasteiger partial charge in [0.15, 0.2) is 0 Å². The lowest BCUT2D eigenvalue weighted by molar-refractivity contribution is 0.170. The summed E-state index contributed by atoms with van der Waals surface area (Å²) in [6.45, 7) is 2.49. The highest BCUT2D eigenvalue weighted by atomic mass is 16.3. The number of benzene rings is 1. The summed E-state index contributed by atoms with van der Waals surface area (Å²) in [6, 6.07) is 7.63. The monoisotopic (exact) mass is 249 g/mol. The van der Waals surface area contributed by atoms with Gasteiger partial charge in [-0.25, -0.2) is 0 Å². The number of nitrogens with one attached hydrogen (secondary N) is 1. The lowest BCUT2D eigenvalue weighted by Gasteiger charge is -2.13. The highest BCUT2D eigenvalue weighted by molar-refractivity contribution is 5.82. The second-order valence-electron chi connectivity index (χ2n) is 4.30. The minimum Gasteiger partial charge on any atom is -0.461 e. The molecule has 0 spiro atoms. The van der Waals surface area contributed by atoms with Gasteiger partial charge in [-0.05, 0) is 6.07 Å². The minimum absolute atomic E-state index is 0.0757. The smallest absolute Gasteiger partial charge is 0.134 e. The van der Waals surface area contributed by atoms with Crippen LogP contribution >= 0.6 is 0 Å². The van der Waals surface area contributed by atoms with Crippen molar-refractivity contribution in [2.24, 2.45) is 0 Å². The highest BCUT2D eigenvalue weighted by Crippen LogP contribution is 2.26. The van der Waals surface area contributed by atoms with Crippen LogP contribution in [0, 0.1) is 0 Å². The van der Waals surface area contributed by atoms with Crippen LogP contribution in [0.5, 0.6) is 0 Å². The molecule has 18 heavy (non-hydrogen) atoms. The molecule has 4 nitrogen and oxygen atoms in total. The van der Waals surface area contributed by atoms with Crippen LogP contribution in [0.1, 0.15) is 18.2 Å². The van der Waals surface area contributed by atoms with Crippen LogP contribution in [0.2, 0.25) is 0 Å². The molecule has 0 aliphatic rings. The van der Waals surface area contributed by atoms with Gasteiger partial charge in [-0.1, -0.05) is 25.1 Å². The van der Waals surface area contributed by atoms with Crippen molar-refractivity contribution in [2.45, 2.75) is 25.9 Å². The Hall–Kier alpha value is -1.36. The van der Waals surface area contributed by atoms with Gasteiger partial charge in [0.2, 0.25) is 0 Å². The first-order valence-corrected chi connectivity index (χ1v) is 6.24. The highest BCUT2D eigenvalue weighted by Gasteiger charge is 2.13. The molecule has 0 amide bonds. The summed E-state index contributed by atoms with van der Waals surface area (Å²) in [5, 5.41) is 22.3. The molecule has 0 unspecified atom stereocenters. The maximum Gasteiger partial charge on any atom is 0.134 e. The predicted molar refractivity (Wildman–Crippen MR) is 70.4 cm³/mol. The van der Waals surface area contributed by atoms with Crippen molar-refractivity contribution in [2.75, 3.05) is 13.2 Å². The molecule has 98 valence electrons. The quantitative estimate of drug-likeness (QED) is 0.724. The molecule has 4 heteroatoms. The number of aliphatic hydroxyl groups excluding tert-OH is 2. The zero-order valence-corrected chi connectivity index (χ0v) is 10.5. The summed E-state index contributed by atoms with van der Waals surface area (Å²) in [4.78, 5) is 0. The Morgan fingerprint density at radius 1 is 1.22 bits per heavy atom. The number of hydrogen-bond acceptors (Lipinski definition) is 4. The number of furan rings is 1. The topological polar surface area (TPSA) is 65.6 Å². The van der Waals surface area contributed by atoms with E-state index in [9.17, 15) is 0 Å². The number of para-hydroxylation sites is 1. The summed E-state index contributed by atoms with van der Waals surface area (Å²) in [7, 11) is 0. The Morgan fingerprint density at radius 2 is 1.94 bits per heavy atom. The first kappa shape index (κ1) is 13.1. The number of aryl methyl sites for hydroxylation is 1. The third-order valence-electron chi connectivity index (χ3n) is 3.11. The molecule has 0 aliphatic carbocycles. The van der Waals surface area contributed by atoms with E-state index in [1.54, 1.807) is 0 Å². The van der Waals surface area contributed by atoms with Gasteiger partial charge in [0.05, 0.1) is 19.3 Å². The normalized spacial score (nSPS) is 11.6. The van der Waals surface area contributed by atoms with Crippen LogP contribution in [0.15, 0.2) is 28.7 Å². The van der Waals surface area contributed by atoms with Crippen molar-refractivity contribution >= 4 is 11.0 Å². The molecule has 2 aromatic rings. The molecule has 0 fully saturated rings. The zero-order valence-electron chi connectivity index (χ0n) is 10.5. The van der Waals surface area contributed by atoms with Crippen LogP contribution in [-0.4, -0.2) is 29.5 Å². The Kier molecular flexibility index (Phi) is 4.36. The van der Waals surface area contributed by atoms with E-state index in [1.165, 1.54) is 0 Å². The van der Waals surface area contributed by atoms with Crippen LogP contribution in [-0.2, 0) is 13.0 Å². The summed E-state index contributed by atoms with van der Waals surface area (Å²) >= 11 is 0. The van der Waals surface area contributed by atoms with Crippen molar-refractivity contribution in [1.82, 2.24) is 5.32 Å². The largest absolute Gasteiger partial charge is 0.461 e. The van der Waals surface area contributed by atoms with Gasteiger partial charge in [0.1, 0.15) is 11.3 Å². The van der Waals surface area contributed by atoms with E-state index in [4.69, 9.17) is 14.6 Å². The van der Waals surface area contributed by atoms with Crippen molar-refractivity contribution in [3.05, 3.63) is 35.6 Å². The second-order valence-corrected chi connectivity index (χ2v) is 4.30. The van der Waals surface area contributed by atoms with Crippen molar-refractivity contribution in [3.63, 3.8) is 0 Å². The lowest BCUT2D eigenvalue weighted by Crippen LogP contribution is -2.35. The van der Waals surface area contributed by atoms with Gasteiger partial charge < -0.3 is 19.9 Å². The number of fused-ring (bicyclic) bond motifs is 1. The molecule has 2 rings (SSSR count). The number of rotatable bonds is 6. The third kappa shape index (κ3) is 2.56. The summed E-state index contributed by atoms with van der Waals surface area (Å²) in [5.74, 6) is 0.957. The molecule has 0 bridgehead atoms. The third-order valence-corrected chi connectivity index (χ3v) is 3.11. The summed E-state index contributed by atoms with van der Waals surface area (Å²) in [6.07, 6.45) is 0.828. The maximum atomic E-state index is 9.05. The molecule has 0 saturated carbocycles. The standard InChI is InChI=1S/C14H19NO3/c1-2-13-12(7-15-10(8-16)9-17)11-5-3-4-6-14(11)18-13/h3-6,10,15-17H,2,7-9H2,1H3. The fraction of sp³-hybridized carbons (Fsp3) is 0.429. The van der Waals surface area contributed by atoms with E-state index in [2.05, 4.69) is 12.2 Å². The molecule has 0 radical (unpaired) electrons. The van der Waals surface area contributed by atoms with Gasteiger partial charge in [-0.2, -0.15) is 0 Å². The molecule has 0 atom stereocenters. The average molecular weight is 249 g/mol. The minimum atomic E-state index is -0.289. The zero-order chi connectivity index (χ0) is 13.0. The molecule has 1 heterocycles. The van der Waals surface area contributed by atoms with Crippen LogP contribution in [0.25, 0.3) is 11.0 Å². The van der Waals surface area contributed by atoms with Crippen LogP contribution in [0.4, 0.5) is 0 Å². The Bertz CT molecular complexity index is 503. The van der Waals surface area contributed by atoms with Gasteiger partial charge in [0.25, 0.3) is 0 Å². The SMILES string of the molecule is CCc1oc2ccccc2c1CNC(CO)CO. The molecule has 3 N–H and O–H groups in total. The predicted octanol–water partition coefficient (Wildman–Crippen LogP) is 1.44. The van der Waals surface area contributed by atoms with E-state index in [0.717, 1.165) is 28.7 Å². The van der Waals surface area contributed by atoms with Crippen molar-refractivity contribution in [3.8, 4) is 0 Å². The molecular weight excluding hydrogens is 230 g/mol. The number of hydrogen-bond donors (Lipinski definition) is 3. The number of aliphatic hydroxyl groups is 2. The van der Waals surface area contributed by atoms with Crippen LogP contribution < -0.4 is 5.32 Å². The van der Waals surface area contributed by atoms with E-state index in [1.807, 2.05) is 24.3 Å². The molecule has 1 aromatic heterocycles. The fourth-order valence-corrected chi connectivity index (χ4v) is 2.06. The fourth-order valence-electron chi connectivity index (χ4n) is 2.06. The first-order chi connectivity index (χ1) is 8.80. The maximum absolute atomic E-state index is 9.05. The molecule has 1 aromatic carbocycles. The molecular formula is C14H19NO3. The Balaban J connectivity index is 2.25. The molecule has 0 aliphatic heterocycles. The van der Waals surface area contributed by atoms with E-state index >= 15 is 0 Å². The van der Waals surface area contributed by atoms with E-state index in [-0.39, 0.29) is 19.3 Å². The van der Waals surface area contributed by atoms with Crippen molar-refractivity contribution in [1.29, 1.82) is 0 Å². The van der Waals surface area contributed by atoms with Crippen LogP contribution in [0.3, 0.4) is 0 Å². The van der Waals surface area contributed by atoms with Gasteiger partial charge in [-0.3, -0.25) is 0 Å². The van der Waals surface area contributed by atoms with Gasteiger partial charge >= 0.3 is 0 Å². The average Bonchev–Trinajstić information content (AvgIpc) is 2.78. The Morgan fingerprint density at radius 3 is 2.61 bits per heavy atom. The molecule has 0 saturated heterocycles. The van der Waals surface area contributed by atoms with Gasteiger partial charge in [0, 0.05) is 23.9 Å². The van der Waals surface area contributed by atoms with Crippen molar-refractivity contribution < 1.29 is 14.6 Å². The van der Waals surface area contributed by atoms with E-state index < -0.39 is 0 Å². The van der Waals surface area contributed by atoms with E-state index in [0.29, 0.717) is 6.54 Å². The Labute approximate surface area is 106 Å². The lowest BCUT2D eigenvalue weighted by atomic mass is 10.1. The van der Waals surface area contributed by atoms with Gasteiger partial charge in [-0.15, -0.1) is 0 Å². The summed E-state index contributed by atoms with van der Waals surface area (Å²) in [5.41, 5.74) is 2.00. The summed E-state index contributed by atoms with van der Waals surface area (Å²) < 4.78 is 5.78.